The zero-order chi connectivity index (χ0) is 10.4. The molecule has 0 aliphatic carbocycles. The van der Waals surface area contributed by atoms with Gasteiger partial charge in [-0.3, -0.25) is 0 Å². The molecule has 76 valence electrons. The van der Waals surface area contributed by atoms with Crippen LogP contribution >= 0.6 is 15.9 Å². The number of rotatable bonds is 3. The molecule has 1 aromatic carbocycles. The Morgan fingerprint density at radius 1 is 1.57 bits per heavy atom. The van der Waals surface area contributed by atoms with Crippen molar-refractivity contribution in [1.29, 1.82) is 0 Å². The lowest BCUT2D eigenvalue weighted by Crippen LogP contribution is -2.27. The van der Waals surface area contributed by atoms with E-state index in [2.05, 4.69) is 21.2 Å². The smallest absolute Gasteiger partial charge is 0.410 e. The molecule has 0 heterocycles. The van der Waals surface area contributed by atoms with Gasteiger partial charge in [0.1, 0.15) is 5.75 Å². The maximum Gasteiger partial charge on any atom is 0.412 e. The number of benzene rings is 1. The minimum atomic E-state index is -0.412. The molecule has 3 nitrogen and oxygen atoms in total. The van der Waals surface area contributed by atoms with Gasteiger partial charge in [-0.1, -0.05) is 28.9 Å². The topological polar surface area (TPSA) is 38.3 Å². The average Bonchev–Trinajstić information content (AvgIpc) is 2.15. The van der Waals surface area contributed by atoms with Crippen LogP contribution in [-0.4, -0.2) is 12.6 Å². The number of carbonyl (C=O) groups excluding carboxylic acids is 1. The van der Waals surface area contributed by atoms with Gasteiger partial charge in [-0.25, -0.2) is 4.79 Å². The van der Waals surface area contributed by atoms with Gasteiger partial charge >= 0.3 is 6.09 Å². The van der Waals surface area contributed by atoms with E-state index in [0.717, 1.165) is 10.9 Å². The van der Waals surface area contributed by atoms with Gasteiger partial charge in [-0.15, -0.1) is 0 Å². The second-order valence-corrected chi connectivity index (χ2v) is 3.69. The second kappa shape index (κ2) is 5.65. The first kappa shape index (κ1) is 11.0. The van der Waals surface area contributed by atoms with Crippen LogP contribution in [0, 0.1) is 0 Å². The van der Waals surface area contributed by atoms with Crippen molar-refractivity contribution in [3.8, 4) is 5.75 Å². The van der Waals surface area contributed by atoms with Crippen molar-refractivity contribution >= 4 is 22.0 Å². The van der Waals surface area contributed by atoms with Crippen molar-refractivity contribution in [3.63, 3.8) is 0 Å². The van der Waals surface area contributed by atoms with Gasteiger partial charge in [-0.05, 0) is 24.6 Å². The highest BCUT2D eigenvalue weighted by Crippen LogP contribution is 2.17. The summed E-state index contributed by atoms with van der Waals surface area (Å²) < 4.78 is 5.90. The van der Waals surface area contributed by atoms with Crippen molar-refractivity contribution in [3.05, 3.63) is 28.7 Å². The quantitative estimate of drug-likeness (QED) is 0.905. The van der Waals surface area contributed by atoms with Crippen LogP contribution in [0.25, 0.3) is 0 Å². The molecule has 0 saturated heterocycles. The number of amides is 1. The average molecular weight is 258 g/mol. The molecule has 1 N–H and O–H groups in total. The highest BCUT2D eigenvalue weighted by Gasteiger charge is 2.02. The summed E-state index contributed by atoms with van der Waals surface area (Å²) >= 11 is 3.29. The van der Waals surface area contributed by atoms with Gasteiger partial charge in [0.25, 0.3) is 0 Å². The maximum atomic E-state index is 11.1. The third-order valence-corrected chi connectivity index (χ3v) is 2.02. The number of nitrogens with one attached hydrogen (secondary N) is 1. The first-order valence-corrected chi connectivity index (χ1v) is 5.23. The van der Waals surface area contributed by atoms with Gasteiger partial charge in [0, 0.05) is 11.0 Å². The van der Waals surface area contributed by atoms with Crippen LogP contribution in [-0.2, 0) is 0 Å². The van der Waals surface area contributed by atoms with Crippen LogP contribution in [0.1, 0.15) is 13.3 Å². The van der Waals surface area contributed by atoms with E-state index < -0.39 is 6.09 Å². The maximum absolute atomic E-state index is 11.1. The molecule has 0 aliphatic rings. The minimum Gasteiger partial charge on any atom is -0.410 e. The summed E-state index contributed by atoms with van der Waals surface area (Å²) in [7, 11) is 0. The number of ether oxygens (including phenoxy) is 1. The van der Waals surface area contributed by atoms with Crippen LogP contribution in [0.5, 0.6) is 5.75 Å². The van der Waals surface area contributed by atoms with Crippen LogP contribution in [0.2, 0.25) is 0 Å². The number of hydrogen-bond donors (Lipinski definition) is 1. The predicted octanol–water partition coefficient (Wildman–Crippen LogP) is 2.95. The fraction of sp³-hybridized carbons (Fsp3) is 0.300. The Kier molecular flexibility index (Phi) is 4.46. The Morgan fingerprint density at radius 2 is 2.36 bits per heavy atom. The molecule has 1 amide bonds. The molecule has 1 rings (SSSR count). The Morgan fingerprint density at radius 3 is 3.00 bits per heavy atom. The number of halogens is 1. The third kappa shape index (κ3) is 3.79. The van der Waals surface area contributed by atoms with Crippen molar-refractivity contribution in [2.24, 2.45) is 0 Å². The zero-order valence-electron chi connectivity index (χ0n) is 7.92. The number of carbonyl (C=O) groups is 1. The van der Waals surface area contributed by atoms with E-state index >= 15 is 0 Å². The molecule has 0 aromatic heterocycles. The molecular formula is C10H12BrNO2. The van der Waals surface area contributed by atoms with E-state index in [-0.39, 0.29) is 0 Å². The summed E-state index contributed by atoms with van der Waals surface area (Å²) in [4.78, 5) is 11.1. The van der Waals surface area contributed by atoms with E-state index in [1.807, 2.05) is 19.1 Å². The molecule has 0 atom stereocenters. The van der Waals surface area contributed by atoms with Crippen molar-refractivity contribution in [2.45, 2.75) is 13.3 Å². The van der Waals surface area contributed by atoms with Crippen molar-refractivity contribution in [2.75, 3.05) is 6.54 Å². The van der Waals surface area contributed by atoms with Crippen molar-refractivity contribution < 1.29 is 9.53 Å². The first-order valence-electron chi connectivity index (χ1n) is 4.43. The summed E-state index contributed by atoms with van der Waals surface area (Å²) in [5, 5.41) is 2.62. The van der Waals surface area contributed by atoms with Gasteiger partial charge in [-0.2, -0.15) is 0 Å². The Balaban J connectivity index is 2.47. The Labute approximate surface area is 91.6 Å². The molecule has 0 fully saturated rings. The molecule has 0 spiro atoms. The number of hydrogen-bond acceptors (Lipinski definition) is 2. The van der Waals surface area contributed by atoms with E-state index in [1.165, 1.54) is 0 Å². The van der Waals surface area contributed by atoms with E-state index in [1.54, 1.807) is 12.1 Å². The molecule has 0 bridgehead atoms. The molecular weight excluding hydrogens is 246 g/mol. The largest absolute Gasteiger partial charge is 0.412 e. The monoisotopic (exact) mass is 257 g/mol. The summed E-state index contributed by atoms with van der Waals surface area (Å²) in [5.74, 6) is 0.535. The van der Waals surface area contributed by atoms with Crippen LogP contribution < -0.4 is 10.1 Å². The fourth-order valence-corrected chi connectivity index (χ4v) is 1.28. The SMILES string of the molecule is CCCNC(=O)Oc1cccc(Br)c1. The lowest BCUT2D eigenvalue weighted by atomic mass is 10.3. The molecule has 1 aromatic rings. The summed E-state index contributed by atoms with van der Waals surface area (Å²) in [6, 6.07) is 7.16. The molecule has 0 unspecified atom stereocenters. The van der Waals surface area contributed by atoms with Crippen molar-refractivity contribution in [1.82, 2.24) is 5.32 Å². The first-order chi connectivity index (χ1) is 6.72. The third-order valence-electron chi connectivity index (χ3n) is 1.53. The lowest BCUT2D eigenvalue weighted by molar-refractivity contribution is 0.200. The van der Waals surface area contributed by atoms with E-state index in [4.69, 9.17) is 4.74 Å². The minimum absolute atomic E-state index is 0.412. The van der Waals surface area contributed by atoms with Crippen LogP contribution in [0.15, 0.2) is 28.7 Å². The second-order valence-electron chi connectivity index (χ2n) is 2.77. The van der Waals surface area contributed by atoms with Gasteiger partial charge in [0.15, 0.2) is 0 Å². The molecule has 0 aliphatic heterocycles. The van der Waals surface area contributed by atoms with Crippen LogP contribution in [0.3, 0.4) is 0 Å². The van der Waals surface area contributed by atoms with E-state index in [0.29, 0.717) is 12.3 Å². The molecule has 0 radical (unpaired) electrons. The van der Waals surface area contributed by atoms with Gasteiger partial charge in [0.05, 0.1) is 0 Å². The zero-order valence-corrected chi connectivity index (χ0v) is 9.50. The fourth-order valence-electron chi connectivity index (χ4n) is 0.901. The van der Waals surface area contributed by atoms with Crippen LogP contribution in [0.4, 0.5) is 4.79 Å². The molecule has 0 saturated carbocycles. The summed E-state index contributed by atoms with van der Waals surface area (Å²) in [6.07, 6.45) is 0.484. The van der Waals surface area contributed by atoms with Gasteiger partial charge in [0.2, 0.25) is 0 Å². The summed E-state index contributed by atoms with van der Waals surface area (Å²) in [6.45, 7) is 2.62. The Hall–Kier alpha value is -1.03. The molecule has 4 heteroatoms. The van der Waals surface area contributed by atoms with E-state index in [9.17, 15) is 4.79 Å². The molecule has 14 heavy (non-hydrogen) atoms. The lowest BCUT2D eigenvalue weighted by Gasteiger charge is -2.05. The standard InChI is InChI=1S/C10H12BrNO2/c1-2-6-12-10(13)14-9-5-3-4-8(11)7-9/h3-5,7H,2,6H2,1H3,(H,12,13). The van der Waals surface area contributed by atoms with Gasteiger partial charge < -0.3 is 10.1 Å². The highest BCUT2D eigenvalue weighted by molar-refractivity contribution is 9.10. The normalized spacial score (nSPS) is 9.57. The summed E-state index contributed by atoms with van der Waals surface area (Å²) in [5.41, 5.74) is 0. The Bertz CT molecular complexity index is 315. The highest BCUT2D eigenvalue weighted by atomic mass is 79.9. The predicted molar refractivity (Wildman–Crippen MR) is 58.5 cm³/mol.